The SMILES string of the molecule is O=C(CCc1ccccc1)C[C@@H]1C(=O)N2C(C(=O)O)=C(COc3ccccc3)S[C@H]12. The van der Waals surface area contributed by atoms with Crippen molar-refractivity contribution in [2.75, 3.05) is 6.61 Å². The molecule has 0 radical (unpaired) electrons. The molecule has 6 nitrogen and oxygen atoms in total. The van der Waals surface area contributed by atoms with Crippen LogP contribution in [0.15, 0.2) is 71.3 Å². The monoisotopic (exact) mass is 423 g/mol. The molecule has 0 aliphatic carbocycles. The Hall–Kier alpha value is -3.06. The van der Waals surface area contributed by atoms with E-state index in [0.717, 1.165) is 5.56 Å². The van der Waals surface area contributed by atoms with Crippen molar-refractivity contribution in [1.82, 2.24) is 4.90 Å². The van der Waals surface area contributed by atoms with E-state index in [0.29, 0.717) is 23.5 Å². The second kappa shape index (κ2) is 8.75. The highest BCUT2D eigenvalue weighted by atomic mass is 32.2. The maximum Gasteiger partial charge on any atom is 0.353 e. The number of β-lactam (4-membered cyclic amide) rings is 1. The first-order valence-corrected chi connectivity index (χ1v) is 10.6. The smallest absolute Gasteiger partial charge is 0.353 e. The predicted octanol–water partition coefficient (Wildman–Crippen LogP) is 3.48. The van der Waals surface area contributed by atoms with Gasteiger partial charge in [-0.05, 0) is 24.1 Å². The quantitative estimate of drug-likeness (QED) is 0.622. The molecule has 7 heteroatoms. The molecule has 0 bridgehead atoms. The van der Waals surface area contributed by atoms with Crippen LogP contribution < -0.4 is 4.74 Å². The Labute approximate surface area is 178 Å². The Bertz CT molecular complexity index is 989. The number of thioether (sulfide) groups is 1. The first-order chi connectivity index (χ1) is 14.5. The number of hydrogen-bond donors (Lipinski definition) is 1. The minimum absolute atomic E-state index is 0.0170. The van der Waals surface area contributed by atoms with Crippen molar-refractivity contribution < 1.29 is 24.2 Å². The summed E-state index contributed by atoms with van der Waals surface area (Å²) in [5.74, 6) is -1.29. The summed E-state index contributed by atoms with van der Waals surface area (Å²) < 4.78 is 5.69. The van der Waals surface area contributed by atoms with Crippen molar-refractivity contribution in [2.24, 2.45) is 5.92 Å². The van der Waals surface area contributed by atoms with E-state index in [1.54, 1.807) is 12.1 Å². The van der Waals surface area contributed by atoms with Crippen molar-refractivity contribution in [3.63, 3.8) is 0 Å². The van der Waals surface area contributed by atoms with E-state index < -0.39 is 11.9 Å². The fourth-order valence-corrected chi connectivity index (χ4v) is 5.09. The van der Waals surface area contributed by atoms with E-state index in [4.69, 9.17) is 4.74 Å². The minimum atomic E-state index is -1.15. The van der Waals surface area contributed by atoms with E-state index in [1.807, 2.05) is 48.5 Å². The molecule has 2 atom stereocenters. The third kappa shape index (κ3) is 4.11. The van der Waals surface area contributed by atoms with E-state index in [1.165, 1.54) is 16.7 Å². The number of carbonyl (C=O) groups is 3. The lowest BCUT2D eigenvalue weighted by Gasteiger charge is -2.42. The molecule has 0 spiro atoms. The fourth-order valence-electron chi connectivity index (χ4n) is 3.69. The molecule has 2 aliphatic heterocycles. The highest BCUT2D eigenvalue weighted by Gasteiger charge is 2.56. The Morgan fingerprint density at radius 2 is 1.70 bits per heavy atom. The van der Waals surface area contributed by atoms with Crippen molar-refractivity contribution in [3.8, 4) is 5.75 Å². The van der Waals surface area contributed by atoms with Crippen LogP contribution in [0.1, 0.15) is 18.4 Å². The molecule has 2 aliphatic rings. The molecule has 2 aromatic rings. The topological polar surface area (TPSA) is 83.9 Å². The van der Waals surface area contributed by atoms with Gasteiger partial charge in [0.25, 0.3) is 0 Å². The molecule has 154 valence electrons. The number of ether oxygens (including phenoxy) is 1. The van der Waals surface area contributed by atoms with Crippen LogP contribution in [0.4, 0.5) is 0 Å². The summed E-state index contributed by atoms with van der Waals surface area (Å²) >= 11 is 1.31. The summed E-state index contributed by atoms with van der Waals surface area (Å²) in [5.41, 5.74) is 1.05. The number of aryl methyl sites for hydroxylation is 1. The Morgan fingerprint density at radius 3 is 2.37 bits per heavy atom. The standard InChI is InChI=1S/C23H21NO5S/c25-16(12-11-15-7-3-1-4-8-15)13-18-21(26)24-20(23(27)28)19(30-22(18)24)14-29-17-9-5-2-6-10-17/h1-10,18,22H,11-14H2,(H,27,28)/t18-,22-/m1/s1. The van der Waals surface area contributed by atoms with Gasteiger partial charge in [0, 0.05) is 12.8 Å². The van der Waals surface area contributed by atoms with Gasteiger partial charge < -0.3 is 9.84 Å². The van der Waals surface area contributed by atoms with Crippen LogP contribution in [0.2, 0.25) is 0 Å². The Balaban J connectivity index is 1.37. The van der Waals surface area contributed by atoms with Crippen LogP contribution in [-0.4, -0.2) is 39.6 Å². The van der Waals surface area contributed by atoms with E-state index in [-0.39, 0.29) is 35.8 Å². The highest BCUT2D eigenvalue weighted by Crippen LogP contribution is 2.50. The zero-order chi connectivity index (χ0) is 21.1. The number of carboxylic acids is 1. The van der Waals surface area contributed by atoms with Crippen LogP contribution in [0.3, 0.4) is 0 Å². The number of Topliss-reactive ketones (excluding diaryl/α,β-unsaturated/α-hetero) is 1. The summed E-state index contributed by atoms with van der Waals surface area (Å²) in [6, 6.07) is 18.8. The molecular formula is C23H21NO5S. The van der Waals surface area contributed by atoms with Gasteiger partial charge in [-0.15, -0.1) is 0 Å². The van der Waals surface area contributed by atoms with Gasteiger partial charge in [-0.1, -0.05) is 60.3 Å². The van der Waals surface area contributed by atoms with Gasteiger partial charge in [-0.2, -0.15) is 0 Å². The summed E-state index contributed by atoms with van der Waals surface area (Å²) in [7, 11) is 0. The van der Waals surface area contributed by atoms with Gasteiger partial charge in [-0.25, -0.2) is 4.79 Å². The lowest BCUT2D eigenvalue weighted by Crippen LogP contribution is -2.57. The number of aliphatic carboxylic acids is 1. The van der Waals surface area contributed by atoms with Crippen LogP contribution in [0, 0.1) is 5.92 Å². The van der Waals surface area contributed by atoms with Gasteiger partial charge in [-0.3, -0.25) is 14.5 Å². The Kier molecular flexibility index (Phi) is 5.90. The molecule has 1 saturated heterocycles. The first kappa shape index (κ1) is 20.2. The number of para-hydroxylation sites is 1. The number of amides is 1. The molecule has 1 amide bonds. The average Bonchev–Trinajstić information content (AvgIpc) is 3.12. The van der Waals surface area contributed by atoms with Gasteiger partial charge in [0.2, 0.25) is 5.91 Å². The molecule has 0 saturated carbocycles. The Morgan fingerprint density at radius 1 is 1.03 bits per heavy atom. The largest absolute Gasteiger partial charge is 0.488 e. The van der Waals surface area contributed by atoms with Crippen LogP contribution in [-0.2, 0) is 20.8 Å². The second-order valence-electron chi connectivity index (χ2n) is 7.23. The van der Waals surface area contributed by atoms with Crippen molar-refractivity contribution >= 4 is 29.4 Å². The molecule has 2 aromatic carbocycles. The maximum atomic E-state index is 12.6. The molecular weight excluding hydrogens is 402 g/mol. The van der Waals surface area contributed by atoms with Crippen molar-refractivity contribution in [2.45, 2.75) is 24.6 Å². The third-order valence-electron chi connectivity index (χ3n) is 5.22. The van der Waals surface area contributed by atoms with Gasteiger partial charge in [0.05, 0.1) is 16.2 Å². The minimum Gasteiger partial charge on any atom is -0.488 e. The number of carboxylic acid groups (broad SMARTS) is 1. The number of nitrogens with zero attached hydrogens (tertiary/aromatic N) is 1. The zero-order valence-corrected chi connectivity index (χ0v) is 17.0. The molecule has 1 N–H and O–H groups in total. The average molecular weight is 423 g/mol. The number of benzene rings is 2. The number of ketones is 1. The molecule has 1 fully saturated rings. The van der Waals surface area contributed by atoms with Gasteiger partial charge >= 0.3 is 5.97 Å². The molecule has 0 unspecified atom stereocenters. The van der Waals surface area contributed by atoms with Crippen molar-refractivity contribution in [3.05, 3.63) is 76.8 Å². The predicted molar refractivity (Wildman–Crippen MR) is 113 cm³/mol. The fraction of sp³-hybridized carbons (Fsp3) is 0.261. The summed E-state index contributed by atoms with van der Waals surface area (Å²) in [6.07, 6.45) is 1.14. The highest BCUT2D eigenvalue weighted by molar-refractivity contribution is 8.04. The second-order valence-corrected chi connectivity index (χ2v) is 8.44. The number of rotatable bonds is 9. The van der Waals surface area contributed by atoms with E-state index in [2.05, 4.69) is 0 Å². The number of carbonyl (C=O) groups excluding carboxylic acids is 2. The van der Waals surface area contributed by atoms with Crippen LogP contribution >= 0.6 is 11.8 Å². The van der Waals surface area contributed by atoms with E-state index in [9.17, 15) is 19.5 Å². The van der Waals surface area contributed by atoms with Crippen LogP contribution in [0.5, 0.6) is 5.75 Å². The normalized spacial score (nSPS) is 20.0. The van der Waals surface area contributed by atoms with Crippen molar-refractivity contribution in [1.29, 1.82) is 0 Å². The number of hydrogen-bond acceptors (Lipinski definition) is 5. The van der Waals surface area contributed by atoms with Gasteiger partial charge in [0.1, 0.15) is 23.8 Å². The molecule has 0 aromatic heterocycles. The van der Waals surface area contributed by atoms with Gasteiger partial charge in [0.15, 0.2) is 0 Å². The summed E-state index contributed by atoms with van der Waals surface area (Å²) in [4.78, 5) is 38.6. The van der Waals surface area contributed by atoms with E-state index >= 15 is 0 Å². The molecule has 4 rings (SSSR count). The third-order valence-corrected chi connectivity index (χ3v) is 6.60. The zero-order valence-electron chi connectivity index (χ0n) is 16.2. The lowest BCUT2D eigenvalue weighted by molar-refractivity contribution is -0.153. The maximum absolute atomic E-state index is 12.6. The molecule has 30 heavy (non-hydrogen) atoms. The summed E-state index contributed by atoms with van der Waals surface area (Å²) in [5, 5.41) is 9.26. The number of fused-ring (bicyclic) bond motifs is 1. The lowest BCUT2D eigenvalue weighted by atomic mass is 9.90. The molecule has 2 heterocycles. The first-order valence-electron chi connectivity index (χ1n) is 9.74. The van der Waals surface area contributed by atoms with Crippen LogP contribution in [0.25, 0.3) is 0 Å². The summed E-state index contributed by atoms with van der Waals surface area (Å²) in [6.45, 7) is 0.0747.